The zero-order valence-corrected chi connectivity index (χ0v) is 60.2. The molecule has 0 spiro atoms. The quantitative estimate of drug-likeness (QED) is 0.128. The van der Waals surface area contributed by atoms with E-state index in [1.807, 2.05) is 0 Å². The Morgan fingerprint density at radius 2 is 0.482 bits per heavy atom. The van der Waals surface area contributed by atoms with E-state index < -0.39 is 0 Å². The van der Waals surface area contributed by atoms with Crippen LogP contribution < -0.4 is 26.2 Å². The van der Waals surface area contributed by atoms with Crippen molar-refractivity contribution in [2.45, 2.75) is 6.92 Å². The minimum absolute atomic E-state index is 0.226. The Bertz CT molecular complexity index is 7180. The molecule has 0 radical (unpaired) electrons. The van der Waals surface area contributed by atoms with Crippen LogP contribution in [0.2, 0.25) is 0 Å². The summed E-state index contributed by atoms with van der Waals surface area (Å²) in [6.07, 6.45) is 0. The third-order valence-electron chi connectivity index (χ3n) is 23.6. The van der Waals surface area contributed by atoms with Crippen molar-refractivity contribution in [1.82, 2.24) is 18.3 Å². The maximum Gasteiger partial charge on any atom is 0.252 e. The molecule has 21 aromatic rings. The van der Waals surface area contributed by atoms with Gasteiger partial charge < -0.3 is 28.1 Å². The summed E-state index contributed by atoms with van der Waals surface area (Å²) in [5, 5.41) is 9.65. The van der Waals surface area contributed by atoms with Crippen molar-refractivity contribution < 1.29 is 0 Å². The summed E-state index contributed by atoms with van der Waals surface area (Å²) in [5.41, 5.74) is 33.9. The van der Waals surface area contributed by atoms with E-state index >= 15 is 0 Å². The van der Waals surface area contributed by atoms with Crippen LogP contribution in [0.4, 0.5) is 34.1 Å². The summed E-state index contributed by atoms with van der Waals surface area (Å²) in [5.74, 6) is 0. The molecule has 0 N–H and O–H groups in total. The second-order valence-electron chi connectivity index (χ2n) is 29.5. The number of para-hydroxylation sites is 12. The molecule has 0 aliphatic carbocycles. The second-order valence-corrected chi connectivity index (χ2v) is 29.5. The first-order valence-corrected chi connectivity index (χ1v) is 38.1. The zero-order chi connectivity index (χ0) is 72.2. The molecule has 0 bridgehead atoms. The first-order chi connectivity index (χ1) is 54.6. The van der Waals surface area contributed by atoms with Crippen molar-refractivity contribution in [2.75, 3.05) is 9.80 Å². The summed E-state index contributed by atoms with van der Waals surface area (Å²) in [6.45, 7) is 2.03. The highest BCUT2D eigenvalue weighted by molar-refractivity contribution is 7.00. The van der Waals surface area contributed by atoms with Crippen molar-refractivity contribution >= 4 is 144 Å². The van der Waals surface area contributed by atoms with Gasteiger partial charge in [0, 0.05) is 88.1 Å². The van der Waals surface area contributed by atoms with Crippen molar-refractivity contribution in [3.8, 4) is 67.3 Å². The van der Waals surface area contributed by atoms with Gasteiger partial charge in [0.2, 0.25) is 0 Å². The molecule has 23 rings (SSSR count). The lowest BCUT2D eigenvalue weighted by molar-refractivity contribution is 1.10. The highest BCUT2D eigenvalue weighted by Crippen LogP contribution is 2.53. The molecule has 0 unspecified atom stereocenters. The number of rotatable bonds is 10. The van der Waals surface area contributed by atoms with E-state index in [4.69, 9.17) is 0 Å². The van der Waals surface area contributed by atoms with E-state index in [1.165, 1.54) is 65.0 Å². The fraction of sp³-hybridized carbons (Fsp3) is 0.00971. The van der Waals surface area contributed by atoms with Gasteiger partial charge in [-0.05, 0) is 148 Å². The fourth-order valence-electron chi connectivity index (χ4n) is 19.1. The molecule has 7 heteroatoms. The maximum atomic E-state index is 2.66. The summed E-state index contributed by atoms with van der Waals surface area (Å²) in [6, 6.07) is 146. The summed E-state index contributed by atoms with van der Waals surface area (Å²) < 4.78 is 10.2. The minimum atomic E-state index is -0.226. The first-order valence-electron chi connectivity index (χ1n) is 38.1. The molecule has 0 atom stereocenters. The molecule has 0 amide bonds. The number of hydrogen-bond donors (Lipinski definition) is 0. The number of anilines is 6. The van der Waals surface area contributed by atoms with Gasteiger partial charge in [-0.2, -0.15) is 0 Å². The zero-order valence-electron chi connectivity index (χ0n) is 60.2. The summed E-state index contributed by atoms with van der Waals surface area (Å²) in [4.78, 5) is 5.29. The van der Waals surface area contributed by atoms with Gasteiger partial charge in [0.1, 0.15) is 0 Å². The molecule has 0 saturated carbocycles. The first kappa shape index (κ1) is 61.9. The van der Waals surface area contributed by atoms with Crippen LogP contribution in [0.25, 0.3) is 154 Å². The monoisotopic (exact) mass is 1400 g/mol. The molecule has 0 fully saturated rings. The van der Waals surface area contributed by atoms with E-state index in [0.29, 0.717) is 0 Å². The van der Waals surface area contributed by atoms with Gasteiger partial charge in [0.05, 0.1) is 78.3 Å². The number of aryl methyl sites for hydroxylation is 1. The molecule has 2 aliphatic heterocycles. The normalized spacial score (nSPS) is 12.5. The van der Waals surface area contributed by atoms with E-state index in [-0.39, 0.29) is 6.71 Å². The highest BCUT2D eigenvalue weighted by atomic mass is 15.2. The van der Waals surface area contributed by atoms with Gasteiger partial charge in [0.25, 0.3) is 6.71 Å². The molecule has 6 nitrogen and oxygen atoms in total. The molecule has 2 aliphatic rings. The van der Waals surface area contributed by atoms with Crippen LogP contribution in [0.5, 0.6) is 0 Å². The summed E-state index contributed by atoms with van der Waals surface area (Å²) >= 11 is 0. The standard InChI is InChI=1S/C103H67BN6/c1-66-58-60-83-97(62-66)107(85-46-18-8-34-71(85)67-30-4-2-5-31-67)99-64-70(74-45-29-57-96(106-89-50-22-12-38-77(89)78-39-13-23-51-90(78)106)103(74)110-93-54-26-16-42-81(93)82-43-17-27-55-94(82)110)65-100-101(99)104(83)84-61-59-69(63-98(84)108(100)86-47-19-9-35-72(86)68-32-6-3-7-33-68)73-44-28-56-95(105-87-48-20-10-36-75(87)76-37-11-21-49-88(76)105)102(73)109-91-52-24-14-40-79(91)80-41-15-25-53-92(80)109/h2-65H,1H3. The minimum Gasteiger partial charge on any atom is -0.311 e. The lowest BCUT2D eigenvalue weighted by Gasteiger charge is -2.45. The Hall–Kier alpha value is -14.4. The van der Waals surface area contributed by atoms with Crippen molar-refractivity contribution in [3.63, 3.8) is 0 Å². The van der Waals surface area contributed by atoms with E-state index in [0.717, 1.165) is 146 Å². The Morgan fingerprint density at radius 3 is 0.873 bits per heavy atom. The number of benzene rings is 17. The smallest absolute Gasteiger partial charge is 0.252 e. The van der Waals surface area contributed by atoms with Gasteiger partial charge in [-0.25, -0.2) is 0 Å². The molecular formula is C103H67BN6. The predicted molar refractivity (Wildman–Crippen MR) is 464 cm³/mol. The van der Waals surface area contributed by atoms with Crippen LogP contribution in [0, 0.1) is 6.92 Å². The third-order valence-corrected chi connectivity index (χ3v) is 23.6. The van der Waals surface area contributed by atoms with Crippen LogP contribution in [-0.4, -0.2) is 25.0 Å². The molecule has 6 heterocycles. The van der Waals surface area contributed by atoms with Crippen LogP contribution >= 0.6 is 0 Å². The Labute approximate surface area is 636 Å². The second kappa shape index (κ2) is 24.3. The highest BCUT2D eigenvalue weighted by Gasteiger charge is 2.45. The Kier molecular flexibility index (Phi) is 13.7. The van der Waals surface area contributed by atoms with Crippen LogP contribution in [0.15, 0.2) is 388 Å². The lowest BCUT2D eigenvalue weighted by atomic mass is 9.33. The van der Waals surface area contributed by atoms with E-state index in [9.17, 15) is 0 Å². The molecule has 512 valence electrons. The number of hydrogen-bond acceptors (Lipinski definition) is 2. The molecular weight excluding hydrogens is 1330 g/mol. The molecule has 17 aromatic carbocycles. The number of aromatic nitrogens is 4. The summed E-state index contributed by atoms with van der Waals surface area (Å²) in [7, 11) is 0. The van der Waals surface area contributed by atoms with E-state index in [2.05, 4.69) is 423 Å². The average Bonchev–Trinajstić information content (AvgIpc) is 0.990. The van der Waals surface area contributed by atoms with Gasteiger partial charge in [-0.3, -0.25) is 0 Å². The third kappa shape index (κ3) is 9.06. The predicted octanol–water partition coefficient (Wildman–Crippen LogP) is 25.1. The van der Waals surface area contributed by atoms with Gasteiger partial charge in [-0.15, -0.1) is 0 Å². The molecule has 0 saturated heterocycles. The largest absolute Gasteiger partial charge is 0.311 e. The van der Waals surface area contributed by atoms with Crippen LogP contribution in [-0.2, 0) is 0 Å². The van der Waals surface area contributed by atoms with Gasteiger partial charge in [0.15, 0.2) is 0 Å². The van der Waals surface area contributed by atoms with Crippen molar-refractivity contribution in [3.05, 3.63) is 394 Å². The topological polar surface area (TPSA) is 26.2 Å². The number of nitrogens with zero attached hydrogens (tertiary/aromatic N) is 6. The lowest BCUT2D eigenvalue weighted by Crippen LogP contribution is -2.61. The average molecular weight is 1400 g/mol. The maximum absolute atomic E-state index is 2.66. The number of fused-ring (bicyclic) bond motifs is 16. The van der Waals surface area contributed by atoms with Crippen LogP contribution in [0.3, 0.4) is 0 Å². The van der Waals surface area contributed by atoms with Gasteiger partial charge in [-0.1, -0.05) is 291 Å². The Balaban J connectivity index is 0.873. The fourth-order valence-corrected chi connectivity index (χ4v) is 19.1. The van der Waals surface area contributed by atoms with Crippen LogP contribution in [0.1, 0.15) is 5.56 Å². The van der Waals surface area contributed by atoms with Gasteiger partial charge >= 0.3 is 0 Å². The van der Waals surface area contributed by atoms with Crippen molar-refractivity contribution in [2.24, 2.45) is 0 Å². The molecule has 110 heavy (non-hydrogen) atoms. The van der Waals surface area contributed by atoms with Crippen molar-refractivity contribution in [1.29, 1.82) is 0 Å². The molecule has 4 aromatic heterocycles. The Morgan fingerprint density at radius 1 is 0.191 bits per heavy atom. The van der Waals surface area contributed by atoms with E-state index in [1.54, 1.807) is 0 Å². The SMILES string of the molecule is Cc1ccc2c(c1)N(c1ccccc1-c1ccccc1)c1cc(-c3cccc(-n4c5ccccc5c5ccccc54)c3-n3c4ccccc4c4ccccc43)cc3c1B2c1ccc(-c2cccc(-n4c5ccccc5c5ccccc54)c2-n2c4ccccc4c4ccccc42)cc1N3c1ccccc1-c1ccccc1.